The van der Waals surface area contributed by atoms with Crippen molar-refractivity contribution >= 4 is 39.4 Å². The number of benzene rings is 3. The first-order chi connectivity index (χ1) is 12.8. The van der Waals surface area contributed by atoms with Gasteiger partial charge in [-0.2, -0.15) is 0 Å². The molecule has 2 heterocycles. The van der Waals surface area contributed by atoms with E-state index >= 15 is 0 Å². The minimum Gasteiger partial charge on any atom is -0.309 e. The zero-order valence-electron chi connectivity index (χ0n) is 13.8. The molecular formula is C22H14N2OS. The second kappa shape index (κ2) is 5.93. The van der Waals surface area contributed by atoms with Crippen molar-refractivity contribution < 1.29 is 4.79 Å². The van der Waals surface area contributed by atoms with Crippen LogP contribution in [0.5, 0.6) is 0 Å². The molecule has 0 unspecified atom stereocenters. The number of carbonyl (C=O) groups excluding carboxylic acids is 1. The maximum atomic E-state index is 11.0. The molecule has 2 aromatic heterocycles. The van der Waals surface area contributed by atoms with Crippen LogP contribution in [0.25, 0.3) is 38.1 Å². The van der Waals surface area contributed by atoms with E-state index in [1.54, 1.807) is 6.20 Å². The smallest absolute Gasteiger partial charge is 0.161 e. The van der Waals surface area contributed by atoms with Gasteiger partial charge in [0.25, 0.3) is 0 Å². The summed E-state index contributed by atoms with van der Waals surface area (Å²) in [5.74, 6) is 0. The van der Waals surface area contributed by atoms with Crippen molar-refractivity contribution in [2.24, 2.45) is 0 Å². The predicted molar refractivity (Wildman–Crippen MR) is 107 cm³/mol. The van der Waals surface area contributed by atoms with Crippen molar-refractivity contribution in [2.75, 3.05) is 0 Å². The van der Waals surface area contributed by atoms with Crippen LogP contribution in [-0.4, -0.2) is 15.8 Å². The first-order valence-electron chi connectivity index (χ1n) is 8.35. The maximum absolute atomic E-state index is 11.0. The first kappa shape index (κ1) is 15.0. The average Bonchev–Trinajstić information content (AvgIpc) is 3.31. The molecule has 26 heavy (non-hydrogen) atoms. The Kier molecular flexibility index (Phi) is 3.43. The van der Waals surface area contributed by atoms with Crippen molar-refractivity contribution in [3.8, 4) is 16.3 Å². The van der Waals surface area contributed by atoms with E-state index < -0.39 is 0 Å². The van der Waals surface area contributed by atoms with Crippen LogP contribution in [0.2, 0.25) is 0 Å². The maximum Gasteiger partial charge on any atom is 0.161 e. The van der Waals surface area contributed by atoms with Gasteiger partial charge in [-0.25, -0.2) is 4.98 Å². The lowest BCUT2D eigenvalue weighted by molar-refractivity contribution is 0.112. The zero-order valence-corrected chi connectivity index (χ0v) is 14.6. The molecule has 0 saturated carbocycles. The molecular weight excluding hydrogens is 340 g/mol. The number of aldehydes is 1. The quantitative estimate of drug-likeness (QED) is 0.388. The summed E-state index contributed by atoms with van der Waals surface area (Å²) in [6.07, 6.45) is 2.48. The van der Waals surface area contributed by atoms with E-state index in [0.29, 0.717) is 4.88 Å². The predicted octanol–water partition coefficient (Wildman–Crippen LogP) is 5.72. The molecule has 0 aliphatic rings. The van der Waals surface area contributed by atoms with Crippen LogP contribution in [0.4, 0.5) is 0 Å². The van der Waals surface area contributed by atoms with Crippen LogP contribution in [0.3, 0.4) is 0 Å². The summed E-state index contributed by atoms with van der Waals surface area (Å²) >= 11 is 1.41. The Morgan fingerprint density at radius 2 is 1.62 bits per heavy atom. The topological polar surface area (TPSA) is 34.9 Å². The van der Waals surface area contributed by atoms with Crippen LogP contribution in [0.15, 0.2) is 79.0 Å². The van der Waals surface area contributed by atoms with Gasteiger partial charge < -0.3 is 4.57 Å². The monoisotopic (exact) mass is 354 g/mol. The third kappa shape index (κ3) is 2.27. The second-order valence-corrected chi connectivity index (χ2v) is 7.17. The van der Waals surface area contributed by atoms with Crippen LogP contribution in [0.1, 0.15) is 9.67 Å². The van der Waals surface area contributed by atoms with Gasteiger partial charge in [-0.15, -0.1) is 11.3 Å². The molecule has 0 fully saturated rings. The Labute approximate surface area is 154 Å². The number of para-hydroxylation sites is 2. The van der Waals surface area contributed by atoms with Gasteiger partial charge in [0, 0.05) is 28.2 Å². The van der Waals surface area contributed by atoms with Crippen LogP contribution >= 0.6 is 11.3 Å². The highest BCUT2D eigenvalue weighted by Gasteiger charge is 2.13. The molecule has 0 N–H and O–H groups in total. The lowest BCUT2D eigenvalue weighted by Gasteiger charge is -2.08. The third-order valence-electron chi connectivity index (χ3n) is 4.57. The number of hydrogen-bond acceptors (Lipinski definition) is 3. The number of carbonyl (C=O) groups is 1. The Balaban J connectivity index is 1.84. The van der Waals surface area contributed by atoms with Gasteiger partial charge in [-0.3, -0.25) is 4.79 Å². The fourth-order valence-corrected chi connectivity index (χ4v) is 4.16. The number of nitrogens with zero attached hydrogens (tertiary/aromatic N) is 2. The van der Waals surface area contributed by atoms with Crippen LogP contribution in [-0.2, 0) is 0 Å². The fourth-order valence-electron chi connectivity index (χ4n) is 3.43. The second-order valence-electron chi connectivity index (χ2n) is 6.11. The normalized spacial score (nSPS) is 11.2. The van der Waals surface area contributed by atoms with Gasteiger partial charge in [-0.05, 0) is 24.3 Å². The highest BCUT2D eigenvalue weighted by Crippen LogP contribution is 2.35. The number of aromatic nitrogens is 2. The molecule has 0 bridgehead atoms. The zero-order chi connectivity index (χ0) is 17.5. The fraction of sp³-hybridized carbons (Fsp3) is 0. The molecule has 3 aromatic carbocycles. The third-order valence-corrected chi connectivity index (χ3v) is 5.55. The van der Waals surface area contributed by atoms with Gasteiger partial charge in [-0.1, -0.05) is 48.5 Å². The van der Waals surface area contributed by atoms with Crippen molar-refractivity contribution in [3.63, 3.8) is 0 Å². The summed E-state index contributed by atoms with van der Waals surface area (Å²) in [5.41, 5.74) is 4.47. The van der Waals surface area contributed by atoms with Crippen molar-refractivity contribution in [1.82, 2.24) is 9.55 Å². The number of hydrogen-bond donors (Lipinski definition) is 0. The van der Waals surface area contributed by atoms with E-state index in [9.17, 15) is 4.79 Å². The van der Waals surface area contributed by atoms with E-state index in [0.717, 1.165) is 28.1 Å². The molecule has 0 aliphatic carbocycles. The van der Waals surface area contributed by atoms with Gasteiger partial charge in [0.15, 0.2) is 6.29 Å². The molecule has 0 spiro atoms. The number of thiazole rings is 1. The number of rotatable bonds is 3. The lowest BCUT2D eigenvalue weighted by Crippen LogP contribution is -1.93. The Bertz CT molecular complexity index is 1250. The molecule has 0 aliphatic heterocycles. The van der Waals surface area contributed by atoms with E-state index in [1.165, 1.54) is 27.6 Å². The summed E-state index contributed by atoms with van der Waals surface area (Å²) in [5, 5.41) is 3.30. The molecule has 124 valence electrons. The molecule has 0 amide bonds. The van der Waals surface area contributed by atoms with E-state index in [1.807, 2.05) is 6.07 Å². The van der Waals surface area contributed by atoms with E-state index in [2.05, 4.69) is 76.3 Å². The summed E-state index contributed by atoms with van der Waals surface area (Å²) in [6.45, 7) is 0. The molecule has 3 nitrogen and oxygen atoms in total. The number of fused-ring (bicyclic) bond motifs is 3. The van der Waals surface area contributed by atoms with Gasteiger partial charge >= 0.3 is 0 Å². The summed E-state index contributed by atoms with van der Waals surface area (Å²) in [6, 6.07) is 25.2. The van der Waals surface area contributed by atoms with Crippen LogP contribution in [0, 0.1) is 0 Å². The van der Waals surface area contributed by atoms with E-state index in [-0.39, 0.29) is 0 Å². The summed E-state index contributed by atoms with van der Waals surface area (Å²) in [7, 11) is 0. The molecule has 4 heteroatoms. The van der Waals surface area contributed by atoms with Crippen molar-refractivity contribution in [1.29, 1.82) is 0 Å². The first-order valence-corrected chi connectivity index (χ1v) is 9.17. The molecule has 0 saturated heterocycles. The Hall–Kier alpha value is -3.24. The Morgan fingerprint density at radius 3 is 2.42 bits per heavy atom. The standard InChI is InChI=1S/C22H14N2OS/c25-14-17-13-23-22(26-17)15-10-11-19-18-8-4-5-9-20(18)24(21(19)12-15)16-6-2-1-3-7-16/h1-14H. The molecule has 0 radical (unpaired) electrons. The van der Waals surface area contributed by atoms with Crippen molar-refractivity contribution in [3.05, 3.63) is 83.9 Å². The van der Waals surface area contributed by atoms with E-state index in [4.69, 9.17) is 0 Å². The highest BCUT2D eigenvalue weighted by atomic mass is 32.1. The van der Waals surface area contributed by atoms with Crippen molar-refractivity contribution in [2.45, 2.75) is 0 Å². The summed E-state index contributed by atoms with van der Waals surface area (Å²) in [4.78, 5) is 16.0. The van der Waals surface area contributed by atoms with Gasteiger partial charge in [0.1, 0.15) is 5.01 Å². The SMILES string of the molecule is O=Cc1cnc(-c2ccc3c4ccccc4n(-c4ccccc4)c3c2)s1. The summed E-state index contributed by atoms with van der Waals surface area (Å²) < 4.78 is 2.28. The average molecular weight is 354 g/mol. The van der Waals surface area contributed by atoms with Gasteiger partial charge in [0.05, 0.1) is 15.9 Å². The minimum absolute atomic E-state index is 0.642. The largest absolute Gasteiger partial charge is 0.309 e. The highest BCUT2D eigenvalue weighted by molar-refractivity contribution is 7.16. The lowest BCUT2D eigenvalue weighted by atomic mass is 10.1. The Morgan fingerprint density at radius 1 is 0.846 bits per heavy atom. The van der Waals surface area contributed by atoms with Gasteiger partial charge in [0.2, 0.25) is 0 Å². The molecule has 5 aromatic rings. The minimum atomic E-state index is 0.642. The molecule has 0 atom stereocenters. The molecule has 5 rings (SSSR count). The van der Waals surface area contributed by atoms with Crippen LogP contribution < -0.4 is 0 Å².